The number of ether oxygens (including phenoxy) is 1. The van der Waals surface area contributed by atoms with Crippen LogP contribution in [0.1, 0.15) is 29.5 Å². The minimum atomic E-state index is -2.54. The lowest BCUT2D eigenvalue weighted by Gasteiger charge is -2.23. The van der Waals surface area contributed by atoms with Crippen LogP contribution >= 0.6 is 0 Å². The van der Waals surface area contributed by atoms with E-state index in [1.165, 1.54) is 18.2 Å². The van der Waals surface area contributed by atoms with E-state index in [-0.39, 0.29) is 37.5 Å². The van der Waals surface area contributed by atoms with Crippen molar-refractivity contribution in [1.29, 1.82) is 5.41 Å². The van der Waals surface area contributed by atoms with Crippen molar-refractivity contribution in [1.82, 2.24) is 16.0 Å². The first kappa shape index (κ1) is 32.5. The average Bonchev–Trinajstić information content (AvgIpc) is 2.92. The van der Waals surface area contributed by atoms with Gasteiger partial charge in [-0.2, -0.15) is 0 Å². The molecule has 2 aromatic carbocycles. The van der Waals surface area contributed by atoms with Gasteiger partial charge in [0.15, 0.2) is 0 Å². The van der Waals surface area contributed by atoms with Gasteiger partial charge in [-0.15, -0.1) is 0 Å². The van der Waals surface area contributed by atoms with Crippen molar-refractivity contribution in [2.75, 3.05) is 11.3 Å². The molecular formula is C26H31N6O8S-. The quantitative estimate of drug-likeness (QED) is 0.0631. The van der Waals surface area contributed by atoms with Gasteiger partial charge in [-0.05, 0) is 29.7 Å². The number of nitrogens with one attached hydrogen (secondary N) is 5. The molecule has 0 saturated carbocycles. The van der Waals surface area contributed by atoms with Crippen LogP contribution < -0.4 is 26.4 Å². The van der Waals surface area contributed by atoms with Crippen molar-refractivity contribution < 1.29 is 37.8 Å². The summed E-state index contributed by atoms with van der Waals surface area (Å²) in [5, 5.41) is 24.2. The standard InChI is InChI=1S/C26H32N6O8S/c1-2-12-40-26(37)31-21(14-16-6-8-18(9-7-16)23(27)28)25(36)30-20(10-11-22(33)34)24(35)29-15-17-4-3-5-19(13-17)32-41(38)39/h2-9,13,20-21,32H,1,10-12,14-15H2,(H3,27,28)(H,29,35)(H,30,36)(H,31,37)(H,33,34)(H,38,39)/p-1/t20-,21-/m0/s1. The van der Waals surface area contributed by atoms with Crippen molar-refractivity contribution >= 4 is 46.7 Å². The number of carbonyl (C=O) groups is 4. The van der Waals surface area contributed by atoms with Crippen molar-refractivity contribution in [3.05, 3.63) is 77.9 Å². The highest BCUT2D eigenvalue weighted by atomic mass is 32.2. The Labute approximate surface area is 238 Å². The molecule has 2 rings (SSSR count). The van der Waals surface area contributed by atoms with Gasteiger partial charge in [-0.3, -0.25) is 24.0 Å². The van der Waals surface area contributed by atoms with Crippen LogP contribution in [0.25, 0.3) is 0 Å². The Morgan fingerprint density at radius 1 is 1.07 bits per heavy atom. The van der Waals surface area contributed by atoms with Gasteiger partial charge in [-0.1, -0.05) is 49.1 Å². The number of amidine groups is 1. The van der Waals surface area contributed by atoms with Crippen LogP contribution in [-0.2, 0) is 43.4 Å². The Hall–Kier alpha value is -4.76. The molecule has 15 heteroatoms. The molecule has 14 nitrogen and oxygen atoms in total. The Morgan fingerprint density at radius 2 is 1.78 bits per heavy atom. The topological polar surface area (TPSA) is 236 Å². The lowest BCUT2D eigenvalue weighted by molar-refractivity contribution is -0.138. The number of aliphatic carboxylic acids is 1. The molecule has 41 heavy (non-hydrogen) atoms. The second-order valence-electron chi connectivity index (χ2n) is 8.65. The summed E-state index contributed by atoms with van der Waals surface area (Å²) in [7, 11) is 0. The van der Waals surface area contributed by atoms with Crippen LogP contribution in [0, 0.1) is 5.41 Å². The number of carbonyl (C=O) groups excluding carboxylic acids is 3. The molecule has 220 valence electrons. The summed E-state index contributed by atoms with van der Waals surface area (Å²) in [6.45, 7) is 3.30. The van der Waals surface area contributed by atoms with Gasteiger partial charge in [0, 0.05) is 41.9 Å². The number of carboxylic acids is 1. The minimum absolute atomic E-state index is 0.0264. The molecule has 0 heterocycles. The molecule has 8 N–H and O–H groups in total. The van der Waals surface area contributed by atoms with Gasteiger partial charge in [0.1, 0.15) is 24.5 Å². The summed E-state index contributed by atoms with van der Waals surface area (Å²) in [5.74, 6) is -2.79. The molecule has 2 aromatic rings. The van der Waals surface area contributed by atoms with Crippen LogP contribution in [0.4, 0.5) is 10.5 Å². The van der Waals surface area contributed by atoms with E-state index in [0.29, 0.717) is 16.7 Å². The molecule has 1 unspecified atom stereocenters. The number of hydrogen-bond donors (Lipinski definition) is 7. The third kappa shape index (κ3) is 11.9. The molecule has 3 amide bonds. The van der Waals surface area contributed by atoms with E-state index in [0.717, 1.165) is 0 Å². The fourth-order valence-corrected chi connectivity index (χ4v) is 3.87. The molecule has 0 aliphatic carbocycles. The molecule has 0 spiro atoms. The average molecular weight is 588 g/mol. The highest BCUT2D eigenvalue weighted by Gasteiger charge is 2.28. The van der Waals surface area contributed by atoms with E-state index >= 15 is 0 Å². The number of nitrogens with two attached hydrogens (primary N) is 1. The first-order valence-corrected chi connectivity index (χ1v) is 13.3. The number of alkyl carbamates (subject to hydrolysis) is 1. The fraction of sp³-hybridized carbons (Fsp3) is 0.269. The van der Waals surface area contributed by atoms with Crippen molar-refractivity contribution in [3.8, 4) is 0 Å². The van der Waals surface area contributed by atoms with Crippen molar-refractivity contribution in [2.45, 2.75) is 37.9 Å². The zero-order valence-corrected chi connectivity index (χ0v) is 22.7. The maximum Gasteiger partial charge on any atom is 0.408 e. The van der Waals surface area contributed by atoms with Crippen molar-refractivity contribution in [3.63, 3.8) is 0 Å². The van der Waals surface area contributed by atoms with Gasteiger partial charge < -0.3 is 40.8 Å². The number of rotatable bonds is 16. The molecule has 3 atom stereocenters. The Bertz CT molecular complexity index is 1290. The third-order valence-corrected chi connectivity index (χ3v) is 5.92. The van der Waals surface area contributed by atoms with Crippen LogP contribution in [-0.4, -0.2) is 62.3 Å². The summed E-state index contributed by atoms with van der Waals surface area (Å²) >= 11 is -2.54. The van der Waals surface area contributed by atoms with E-state index in [1.807, 2.05) is 0 Å². The van der Waals surface area contributed by atoms with Gasteiger partial charge in [0.2, 0.25) is 11.8 Å². The van der Waals surface area contributed by atoms with Gasteiger partial charge in [-0.25, -0.2) is 4.79 Å². The number of benzene rings is 2. The second kappa shape index (κ2) is 16.4. The number of carboxylic acid groups (broad SMARTS) is 1. The summed E-state index contributed by atoms with van der Waals surface area (Å²) in [5.41, 5.74) is 7.34. The molecule has 0 aromatic heterocycles. The van der Waals surface area contributed by atoms with Crippen LogP contribution in [0.3, 0.4) is 0 Å². The maximum absolute atomic E-state index is 13.3. The molecule has 0 radical (unpaired) electrons. The minimum Gasteiger partial charge on any atom is -0.755 e. The van der Waals surface area contributed by atoms with Gasteiger partial charge >= 0.3 is 12.1 Å². The maximum atomic E-state index is 13.3. The van der Waals surface area contributed by atoms with E-state index in [2.05, 4.69) is 27.3 Å². The monoisotopic (exact) mass is 587 g/mol. The van der Waals surface area contributed by atoms with E-state index in [4.69, 9.17) is 21.0 Å². The molecule has 0 fully saturated rings. The smallest absolute Gasteiger partial charge is 0.408 e. The fourth-order valence-electron chi connectivity index (χ4n) is 3.55. The van der Waals surface area contributed by atoms with Gasteiger partial charge in [0.05, 0.1) is 0 Å². The summed E-state index contributed by atoms with van der Waals surface area (Å²) in [4.78, 5) is 49.7. The molecule has 0 bridgehead atoms. The molecular weight excluding hydrogens is 556 g/mol. The van der Waals surface area contributed by atoms with Gasteiger partial charge in [0.25, 0.3) is 0 Å². The highest BCUT2D eigenvalue weighted by Crippen LogP contribution is 2.12. The van der Waals surface area contributed by atoms with E-state index < -0.39 is 53.6 Å². The predicted octanol–water partition coefficient (Wildman–Crippen LogP) is 0.666. The largest absolute Gasteiger partial charge is 0.755 e. The summed E-state index contributed by atoms with van der Waals surface area (Å²) in [6.07, 6.45) is -0.275. The summed E-state index contributed by atoms with van der Waals surface area (Å²) < 4.78 is 28.9. The summed E-state index contributed by atoms with van der Waals surface area (Å²) in [6, 6.07) is 10.1. The number of hydrogen-bond acceptors (Lipinski definition) is 8. The first-order chi connectivity index (χ1) is 19.5. The molecule has 0 aliphatic rings. The molecule has 0 saturated heterocycles. The number of nitrogen functional groups attached to an aromatic ring is 1. The van der Waals surface area contributed by atoms with E-state index in [1.54, 1.807) is 36.4 Å². The third-order valence-electron chi connectivity index (χ3n) is 5.52. The van der Waals surface area contributed by atoms with Crippen LogP contribution in [0.5, 0.6) is 0 Å². The number of anilines is 1. The molecule has 0 aliphatic heterocycles. The normalized spacial score (nSPS) is 12.6. The Kier molecular flexibility index (Phi) is 13.0. The Morgan fingerprint density at radius 3 is 2.39 bits per heavy atom. The zero-order chi connectivity index (χ0) is 30.4. The second-order valence-corrected chi connectivity index (χ2v) is 9.32. The van der Waals surface area contributed by atoms with Crippen LogP contribution in [0.15, 0.2) is 61.2 Å². The predicted molar refractivity (Wildman–Crippen MR) is 149 cm³/mol. The van der Waals surface area contributed by atoms with E-state index in [9.17, 15) is 27.9 Å². The highest BCUT2D eigenvalue weighted by molar-refractivity contribution is 7.80. The zero-order valence-electron chi connectivity index (χ0n) is 21.9. The SMILES string of the molecule is C=CCOC(=O)N[C@@H](Cc1ccc(C(=N)N)cc1)C(=O)N[C@@H](CCC(=O)O)C(=O)NCc1cccc(NS(=O)[O-])c1. The lowest BCUT2D eigenvalue weighted by Crippen LogP contribution is -2.54. The lowest BCUT2D eigenvalue weighted by atomic mass is 10.0. The van der Waals surface area contributed by atoms with Crippen molar-refractivity contribution in [2.24, 2.45) is 5.73 Å². The first-order valence-electron chi connectivity index (χ1n) is 12.2. The number of amides is 3. The Balaban J connectivity index is 2.19. The van der Waals surface area contributed by atoms with Crippen LogP contribution in [0.2, 0.25) is 0 Å².